The molecule has 0 spiro atoms. The van der Waals surface area contributed by atoms with Gasteiger partial charge in [-0.3, -0.25) is 9.59 Å². The van der Waals surface area contributed by atoms with Gasteiger partial charge >= 0.3 is 5.97 Å². The Morgan fingerprint density at radius 3 is 2.75 bits per heavy atom. The first kappa shape index (κ1) is 13.0. The third-order valence-electron chi connectivity index (χ3n) is 3.26. The maximum atomic E-state index is 11.9. The topological polar surface area (TPSA) is 78.4 Å². The number of hydrogen-bond donors (Lipinski definition) is 3. The third kappa shape index (κ3) is 3.20. The lowest BCUT2D eigenvalue weighted by molar-refractivity contribution is -0.137. The minimum Gasteiger partial charge on any atom is -0.481 e. The molecular weight excluding hydrogens is 208 g/mol. The van der Waals surface area contributed by atoms with E-state index in [1.807, 2.05) is 6.92 Å². The van der Waals surface area contributed by atoms with E-state index in [4.69, 9.17) is 5.11 Å². The molecule has 1 fully saturated rings. The summed E-state index contributed by atoms with van der Waals surface area (Å²) in [5, 5.41) is 14.5. The zero-order valence-electron chi connectivity index (χ0n) is 9.71. The number of amides is 1. The maximum absolute atomic E-state index is 11.9. The lowest BCUT2D eigenvalue weighted by Gasteiger charge is -2.25. The Morgan fingerprint density at radius 2 is 2.25 bits per heavy atom. The van der Waals surface area contributed by atoms with Crippen LogP contribution in [0, 0.1) is 5.41 Å². The molecule has 1 heterocycles. The predicted octanol–water partition coefficient (Wildman–Crippen LogP) is 0.357. The summed E-state index contributed by atoms with van der Waals surface area (Å²) in [6.45, 7) is 4.08. The molecule has 3 N–H and O–H groups in total. The highest BCUT2D eigenvalue weighted by molar-refractivity contribution is 5.83. The van der Waals surface area contributed by atoms with E-state index in [0.29, 0.717) is 13.0 Å². The second-order valence-electron chi connectivity index (χ2n) is 4.31. The first-order chi connectivity index (χ1) is 7.60. The van der Waals surface area contributed by atoms with E-state index in [9.17, 15) is 9.59 Å². The van der Waals surface area contributed by atoms with Crippen molar-refractivity contribution < 1.29 is 14.7 Å². The summed E-state index contributed by atoms with van der Waals surface area (Å²) < 4.78 is 0. The molecule has 1 rings (SSSR count). The minimum absolute atomic E-state index is 0.0605. The fraction of sp³-hybridized carbons (Fsp3) is 0.818. The molecule has 0 aromatic rings. The number of carboxylic acids is 1. The molecule has 1 saturated heterocycles. The predicted molar refractivity (Wildman–Crippen MR) is 60.1 cm³/mol. The summed E-state index contributed by atoms with van der Waals surface area (Å²) in [7, 11) is 0. The van der Waals surface area contributed by atoms with Crippen LogP contribution in [-0.4, -0.2) is 36.6 Å². The Hall–Kier alpha value is -1.10. The van der Waals surface area contributed by atoms with E-state index in [2.05, 4.69) is 10.6 Å². The average molecular weight is 228 g/mol. The van der Waals surface area contributed by atoms with E-state index in [0.717, 1.165) is 25.9 Å². The highest BCUT2D eigenvalue weighted by atomic mass is 16.4. The summed E-state index contributed by atoms with van der Waals surface area (Å²) in [5.41, 5.74) is -0.275. The Morgan fingerprint density at radius 1 is 1.50 bits per heavy atom. The quantitative estimate of drug-likeness (QED) is 0.573. The van der Waals surface area contributed by atoms with Crippen molar-refractivity contribution in [3.05, 3.63) is 0 Å². The van der Waals surface area contributed by atoms with Gasteiger partial charge in [-0.2, -0.15) is 0 Å². The van der Waals surface area contributed by atoms with Gasteiger partial charge in [-0.15, -0.1) is 0 Å². The summed E-state index contributed by atoms with van der Waals surface area (Å²) in [4.78, 5) is 22.2. The maximum Gasteiger partial charge on any atom is 0.303 e. The van der Waals surface area contributed by atoms with Gasteiger partial charge in [-0.05, 0) is 25.8 Å². The lowest BCUT2D eigenvalue weighted by atomic mass is 9.83. The van der Waals surface area contributed by atoms with Crippen molar-refractivity contribution >= 4 is 11.9 Å². The standard InChI is InChI=1S/C11H20N2O3/c1-2-11(5-7-12-8-11)10(16)13-6-3-4-9(14)15/h12H,2-8H2,1H3,(H,13,16)(H,14,15). The average Bonchev–Trinajstić information content (AvgIpc) is 2.73. The van der Waals surface area contributed by atoms with Crippen molar-refractivity contribution in [1.82, 2.24) is 10.6 Å². The molecule has 1 aliphatic heterocycles. The van der Waals surface area contributed by atoms with Crippen molar-refractivity contribution in [2.24, 2.45) is 5.41 Å². The molecule has 1 amide bonds. The van der Waals surface area contributed by atoms with Gasteiger partial charge in [-0.25, -0.2) is 0 Å². The van der Waals surface area contributed by atoms with Gasteiger partial charge < -0.3 is 15.7 Å². The van der Waals surface area contributed by atoms with Gasteiger partial charge in [-0.1, -0.05) is 6.92 Å². The molecule has 0 bridgehead atoms. The molecule has 5 nitrogen and oxygen atoms in total. The summed E-state index contributed by atoms with van der Waals surface area (Å²) in [6, 6.07) is 0. The number of rotatable bonds is 6. The first-order valence-electron chi connectivity index (χ1n) is 5.81. The van der Waals surface area contributed by atoms with E-state index >= 15 is 0 Å². The number of aliphatic carboxylic acids is 1. The number of carbonyl (C=O) groups is 2. The van der Waals surface area contributed by atoms with Gasteiger partial charge in [0, 0.05) is 19.5 Å². The normalized spacial score (nSPS) is 24.3. The number of carbonyl (C=O) groups excluding carboxylic acids is 1. The van der Waals surface area contributed by atoms with Crippen LogP contribution in [0.25, 0.3) is 0 Å². The molecule has 0 saturated carbocycles. The fourth-order valence-electron chi connectivity index (χ4n) is 2.03. The Kier molecular flexibility index (Phi) is 4.73. The molecule has 5 heteroatoms. The van der Waals surface area contributed by atoms with Crippen LogP contribution in [0.1, 0.15) is 32.6 Å². The van der Waals surface area contributed by atoms with Gasteiger partial charge in [0.1, 0.15) is 0 Å². The molecule has 1 aliphatic rings. The molecule has 0 aliphatic carbocycles. The molecule has 0 aromatic heterocycles. The van der Waals surface area contributed by atoms with Crippen LogP contribution in [0.5, 0.6) is 0 Å². The molecule has 1 atom stereocenters. The molecule has 16 heavy (non-hydrogen) atoms. The van der Waals surface area contributed by atoms with E-state index in [1.165, 1.54) is 0 Å². The summed E-state index contributed by atoms with van der Waals surface area (Å²) in [6.07, 6.45) is 2.30. The molecule has 0 aromatic carbocycles. The smallest absolute Gasteiger partial charge is 0.303 e. The SMILES string of the molecule is CCC1(C(=O)NCCCC(=O)O)CCNC1. The van der Waals surface area contributed by atoms with Gasteiger partial charge in [0.2, 0.25) is 5.91 Å². The van der Waals surface area contributed by atoms with Crippen LogP contribution in [0.15, 0.2) is 0 Å². The Bertz CT molecular complexity index is 260. The number of nitrogens with one attached hydrogen (secondary N) is 2. The monoisotopic (exact) mass is 228 g/mol. The fourth-order valence-corrected chi connectivity index (χ4v) is 2.03. The summed E-state index contributed by atoms with van der Waals surface area (Å²) >= 11 is 0. The molecule has 92 valence electrons. The van der Waals surface area contributed by atoms with Crippen LogP contribution in [0.2, 0.25) is 0 Å². The zero-order valence-corrected chi connectivity index (χ0v) is 9.71. The van der Waals surface area contributed by atoms with Crippen LogP contribution in [0.4, 0.5) is 0 Å². The van der Waals surface area contributed by atoms with Crippen molar-refractivity contribution in [2.45, 2.75) is 32.6 Å². The van der Waals surface area contributed by atoms with Crippen LogP contribution >= 0.6 is 0 Å². The van der Waals surface area contributed by atoms with Crippen molar-refractivity contribution in [3.8, 4) is 0 Å². The van der Waals surface area contributed by atoms with Crippen LogP contribution in [0.3, 0.4) is 0 Å². The van der Waals surface area contributed by atoms with Gasteiger partial charge in [0.15, 0.2) is 0 Å². The highest BCUT2D eigenvalue weighted by Gasteiger charge is 2.38. The van der Waals surface area contributed by atoms with Crippen molar-refractivity contribution in [1.29, 1.82) is 0 Å². The van der Waals surface area contributed by atoms with Crippen molar-refractivity contribution in [2.75, 3.05) is 19.6 Å². The lowest BCUT2D eigenvalue weighted by Crippen LogP contribution is -2.42. The van der Waals surface area contributed by atoms with Gasteiger partial charge in [0.05, 0.1) is 5.41 Å². The van der Waals surface area contributed by atoms with Crippen LogP contribution in [-0.2, 0) is 9.59 Å². The zero-order chi connectivity index (χ0) is 12.0. The van der Waals surface area contributed by atoms with Gasteiger partial charge in [0.25, 0.3) is 0 Å². The van der Waals surface area contributed by atoms with E-state index in [1.54, 1.807) is 0 Å². The largest absolute Gasteiger partial charge is 0.481 e. The number of carboxylic acid groups (broad SMARTS) is 1. The second kappa shape index (κ2) is 5.84. The highest BCUT2D eigenvalue weighted by Crippen LogP contribution is 2.29. The summed E-state index contributed by atoms with van der Waals surface area (Å²) in [5.74, 6) is -0.757. The van der Waals surface area contributed by atoms with Crippen molar-refractivity contribution in [3.63, 3.8) is 0 Å². The molecular formula is C11H20N2O3. The Balaban J connectivity index is 2.30. The molecule has 0 radical (unpaired) electrons. The van der Waals surface area contributed by atoms with E-state index in [-0.39, 0.29) is 17.7 Å². The van der Waals surface area contributed by atoms with E-state index < -0.39 is 5.97 Å². The molecule has 1 unspecified atom stereocenters. The minimum atomic E-state index is -0.818. The second-order valence-corrected chi connectivity index (χ2v) is 4.31. The first-order valence-corrected chi connectivity index (χ1v) is 5.81. The van der Waals surface area contributed by atoms with Crippen LogP contribution < -0.4 is 10.6 Å². The number of hydrogen-bond acceptors (Lipinski definition) is 3. The Labute approximate surface area is 95.6 Å². The third-order valence-corrected chi connectivity index (χ3v) is 3.26.